The van der Waals surface area contributed by atoms with Gasteiger partial charge in [0.2, 0.25) is 0 Å². The van der Waals surface area contributed by atoms with E-state index in [0.29, 0.717) is 0 Å². The summed E-state index contributed by atoms with van der Waals surface area (Å²) >= 11 is 0. The van der Waals surface area contributed by atoms with Crippen molar-refractivity contribution in [2.24, 2.45) is 0 Å². The second-order valence-corrected chi connectivity index (χ2v) is 5.34. The average Bonchev–Trinajstić information content (AvgIpc) is 2.60. The van der Waals surface area contributed by atoms with E-state index in [0.717, 1.165) is 28.2 Å². The third kappa shape index (κ3) is 2.01. The van der Waals surface area contributed by atoms with Crippen molar-refractivity contribution in [3.8, 4) is 11.5 Å². The van der Waals surface area contributed by atoms with Crippen LogP contribution in [0.15, 0.2) is 78.9 Å². The van der Waals surface area contributed by atoms with E-state index in [1.54, 1.807) is 0 Å². The molecule has 1 aliphatic heterocycles. The van der Waals surface area contributed by atoms with Gasteiger partial charge in [0.25, 0.3) is 0 Å². The van der Waals surface area contributed by atoms with Crippen LogP contribution in [0.4, 0.5) is 0 Å². The van der Waals surface area contributed by atoms with E-state index in [-0.39, 0.29) is 11.7 Å². The highest BCUT2D eigenvalue weighted by atomic mass is 16.5. The summed E-state index contributed by atoms with van der Waals surface area (Å²) in [4.78, 5) is 13.1. The molecule has 0 atom stereocenters. The zero-order valence-electron chi connectivity index (χ0n) is 11.9. The van der Waals surface area contributed by atoms with Crippen LogP contribution in [0.3, 0.4) is 0 Å². The third-order valence-corrected chi connectivity index (χ3v) is 4.00. The van der Waals surface area contributed by atoms with E-state index in [2.05, 4.69) is 0 Å². The summed E-state index contributed by atoms with van der Waals surface area (Å²) in [5.74, 6) is 1.30. The van der Waals surface area contributed by atoms with Crippen LogP contribution in [0.2, 0.25) is 0 Å². The molecule has 0 amide bonds. The molecule has 0 N–H and O–H groups in total. The second-order valence-electron chi connectivity index (χ2n) is 5.34. The van der Waals surface area contributed by atoms with Gasteiger partial charge in [0.05, 0.1) is 5.92 Å². The molecule has 0 fully saturated rings. The maximum Gasteiger partial charge on any atom is 0.174 e. The molecule has 0 aliphatic carbocycles. The molecule has 106 valence electrons. The highest BCUT2D eigenvalue weighted by molar-refractivity contribution is 6.04. The number of ketones is 1. The number of ether oxygens (including phenoxy) is 1. The molecule has 3 aromatic carbocycles. The summed E-state index contributed by atoms with van der Waals surface area (Å²) in [6.45, 7) is 0. The quantitative estimate of drug-likeness (QED) is 0.632. The molecule has 1 aliphatic rings. The van der Waals surface area contributed by atoms with Crippen molar-refractivity contribution in [1.82, 2.24) is 0 Å². The molecule has 0 unspecified atom stereocenters. The smallest absolute Gasteiger partial charge is 0.174 e. The van der Waals surface area contributed by atoms with Gasteiger partial charge in [-0.3, -0.25) is 4.79 Å². The van der Waals surface area contributed by atoms with Crippen LogP contribution >= 0.6 is 0 Å². The van der Waals surface area contributed by atoms with Gasteiger partial charge in [0, 0.05) is 16.7 Å². The zero-order valence-corrected chi connectivity index (χ0v) is 11.9. The highest BCUT2D eigenvalue weighted by Gasteiger charge is 2.32. The Morgan fingerprint density at radius 1 is 0.682 bits per heavy atom. The van der Waals surface area contributed by atoms with Crippen molar-refractivity contribution in [3.63, 3.8) is 0 Å². The number of hydrogen-bond donors (Lipinski definition) is 0. The van der Waals surface area contributed by atoms with E-state index < -0.39 is 0 Å². The second kappa shape index (κ2) is 5.15. The lowest BCUT2D eigenvalue weighted by Crippen LogP contribution is -2.19. The van der Waals surface area contributed by atoms with Crippen molar-refractivity contribution in [2.75, 3.05) is 0 Å². The number of hydrogen-bond acceptors (Lipinski definition) is 2. The molecule has 1 heterocycles. The Bertz CT molecular complexity index is 792. The number of benzene rings is 3. The van der Waals surface area contributed by atoms with E-state index in [9.17, 15) is 4.79 Å². The molecule has 0 aromatic heterocycles. The standard InChI is InChI=1S/C20H14O2/c21-20(14-8-2-1-3-9-14)19-15-10-4-6-12-17(15)22-18-13-7-5-11-16(18)19/h1-13,19H. The van der Waals surface area contributed by atoms with Gasteiger partial charge in [-0.15, -0.1) is 0 Å². The van der Waals surface area contributed by atoms with Crippen LogP contribution in [0.25, 0.3) is 0 Å². The SMILES string of the molecule is O=C(c1ccccc1)C1c2ccccc2Oc2ccccc21. The third-order valence-electron chi connectivity index (χ3n) is 4.00. The van der Waals surface area contributed by atoms with Crippen molar-refractivity contribution in [1.29, 1.82) is 0 Å². The normalized spacial score (nSPS) is 12.9. The van der Waals surface area contributed by atoms with Crippen molar-refractivity contribution in [3.05, 3.63) is 95.6 Å². The Morgan fingerprint density at radius 2 is 1.18 bits per heavy atom. The van der Waals surface area contributed by atoms with Gasteiger partial charge in [-0.05, 0) is 12.1 Å². The minimum absolute atomic E-state index is 0.101. The summed E-state index contributed by atoms with van der Waals surface area (Å²) in [6, 6.07) is 24.9. The van der Waals surface area contributed by atoms with E-state index in [4.69, 9.17) is 4.74 Å². The van der Waals surface area contributed by atoms with Gasteiger partial charge in [0.1, 0.15) is 11.5 Å². The predicted octanol–water partition coefficient (Wildman–Crippen LogP) is 4.81. The lowest BCUT2D eigenvalue weighted by molar-refractivity contribution is 0.0969. The molecule has 3 aromatic rings. The monoisotopic (exact) mass is 286 g/mol. The van der Waals surface area contributed by atoms with E-state index in [1.807, 2.05) is 78.9 Å². The Labute approximate surface area is 129 Å². The van der Waals surface area contributed by atoms with Gasteiger partial charge in [0.15, 0.2) is 5.78 Å². The molecule has 2 heteroatoms. The maximum atomic E-state index is 13.1. The summed E-state index contributed by atoms with van der Waals surface area (Å²) < 4.78 is 5.94. The maximum absolute atomic E-state index is 13.1. The van der Waals surface area contributed by atoms with Crippen LogP contribution in [0, 0.1) is 0 Å². The number of carbonyl (C=O) groups is 1. The molecule has 0 bridgehead atoms. The number of fused-ring (bicyclic) bond motifs is 2. The average molecular weight is 286 g/mol. The predicted molar refractivity (Wildman–Crippen MR) is 85.6 cm³/mol. The minimum atomic E-state index is -0.316. The fourth-order valence-electron chi connectivity index (χ4n) is 2.96. The molecule has 4 rings (SSSR count). The first kappa shape index (κ1) is 12.8. The molecule has 2 nitrogen and oxygen atoms in total. The molecule has 0 saturated heterocycles. The number of rotatable bonds is 2. The van der Waals surface area contributed by atoms with Gasteiger partial charge in [-0.25, -0.2) is 0 Å². The summed E-state index contributed by atoms with van der Waals surface area (Å²) in [6.07, 6.45) is 0. The van der Waals surface area contributed by atoms with Crippen LogP contribution in [-0.4, -0.2) is 5.78 Å². The summed E-state index contributed by atoms with van der Waals surface area (Å²) in [5.41, 5.74) is 2.57. The molecule has 0 radical (unpaired) electrons. The molecule has 0 saturated carbocycles. The Kier molecular flexibility index (Phi) is 3.01. The molecular formula is C20H14O2. The lowest BCUT2D eigenvalue weighted by Gasteiger charge is -2.27. The first-order valence-electron chi connectivity index (χ1n) is 7.29. The van der Waals surface area contributed by atoms with Crippen LogP contribution in [0.5, 0.6) is 11.5 Å². The summed E-state index contributed by atoms with van der Waals surface area (Å²) in [7, 11) is 0. The number of carbonyl (C=O) groups excluding carboxylic acids is 1. The van der Waals surface area contributed by atoms with Gasteiger partial charge < -0.3 is 4.74 Å². The fourth-order valence-corrected chi connectivity index (χ4v) is 2.96. The first-order valence-corrected chi connectivity index (χ1v) is 7.29. The molecule has 22 heavy (non-hydrogen) atoms. The van der Waals surface area contributed by atoms with Crippen LogP contribution in [-0.2, 0) is 0 Å². The Morgan fingerprint density at radius 3 is 1.77 bits per heavy atom. The first-order chi connectivity index (χ1) is 10.8. The van der Waals surface area contributed by atoms with Gasteiger partial charge >= 0.3 is 0 Å². The zero-order chi connectivity index (χ0) is 14.9. The van der Waals surface area contributed by atoms with Gasteiger partial charge in [-0.2, -0.15) is 0 Å². The molecule has 0 spiro atoms. The van der Waals surface area contributed by atoms with E-state index in [1.165, 1.54) is 0 Å². The highest BCUT2D eigenvalue weighted by Crippen LogP contribution is 2.45. The topological polar surface area (TPSA) is 26.3 Å². The van der Waals surface area contributed by atoms with Crippen molar-refractivity contribution in [2.45, 2.75) is 5.92 Å². The fraction of sp³-hybridized carbons (Fsp3) is 0.0500. The van der Waals surface area contributed by atoms with Crippen LogP contribution in [0.1, 0.15) is 27.4 Å². The van der Waals surface area contributed by atoms with E-state index >= 15 is 0 Å². The number of Topliss-reactive ketones (excluding diaryl/α,β-unsaturated/α-hetero) is 1. The van der Waals surface area contributed by atoms with Gasteiger partial charge in [-0.1, -0.05) is 66.7 Å². The largest absolute Gasteiger partial charge is 0.457 e. The molecular weight excluding hydrogens is 272 g/mol. The number of para-hydroxylation sites is 2. The Hall–Kier alpha value is -2.87. The van der Waals surface area contributed by atoms with Crippen molar-refractivity contribution >= 4 is 5.78 Å². The Balaban J connectivity index is 1.90. The summed E-state index contributed by atoms with van der Waals surface area (Å²) in [5, 5.41) is 0. The lowest BCUT2D eigenvalue weighted by atomic mass is 9.82. The van der Waals surface area contributed by atoms with Crippen LogP contribution < -0.4 is 4.74 Å². The minimum Gasteiger partial charge on any atom is -0.457 e. The van der Waals surface area contributed by atoms with Crippen molar-refractivity contribution < 1.29 is 9.53 Å².